The number of nitrogens with zero attached hydrogens (tertiary/aromatic N) is 2. The quantitative estimate of drug-likeness (QED) is 0.145. The van der Waals surface area contributed by atoms with E-state index in [0.717, 1.165) is 62.0 Å². The molecule has 0 aliphatic carbocycles. The van der Waals surface area contributed by atoms with Gasteiger partial charge in [-0.15, -0.1) is 0 Å². The molecule has 5 nitrogen and oxygen atoms in total. The van der Waals surface area contributed by atoms with Crippen LogP contribution < -0.4 is 15.4 Å². The number of aromatic nitrogens is 2. The molecule has 304 valence electrons. The van der Waals surface area contributed by atoms with Crippen LogP contribution in [0.25, 0.3) is 38.8 Å². The standard InChI is InChI=1S/C55H58N4O/c1-35(2)42-19-17-20-43(36(3)4)53(42)37-30-39(57-48-23-14-15-24-49(48)58-47-22-13-12-21-46(47)55(8,9)10)33-41(31-37)60-40-26-27-45-44-18-11-16-25-50(44)59(51(45)34-40)52-32-38(28-29-56-52)54(5,6)7/h11-36,57-58H,1-10H3. The molecule has 60 heavy (non-hydrogen) atoms. The molecule has 0 aliphatic heterocycles. The molecule has 5 heteroatoms. The summed E-state index contributed by atoms with van der Waals surface area (Å²) >= 11 is 0. The highest BCUT2D eigenvalue weighted by molar-refractivity contribution is 6.09. The molecule has 0 fully saturated rings. The van der Waals surface area contributed by atoms with E-state index in [4.69, 9.17) is 9.72 Å². The highest BCUT2D eigenvalue weighted by Gasteiger charge is 2.22. The summed E-state index contributed by atoms with van der Waals surface area (Å²) in [4.78, 5) is 4.91. The lowest BCUT2D eigenvalue weighted by atomic mass is 9.85. The maximum Gasteiger partial charge on any atom is 0.137 e. The van der Waals surface area contributed by atoms with E-state index in [9.17, 15) is 0 Å². The first kappa shape index (κ1) is 40.4. The predicted octanol–water partition coefficient (Wildman–Crippen LogP) is 16.0. The second-order valence-corrected chi connectivity index (χ2v) is 18.7. The molecule has 8 aromatic rings. The van der Waals surface area contributed by atoms with Gasteiger partial charge in [0, 0.05) is 40.5 Å². The number of ether oxygens (including phenoxy) is 1. The van der Waals surface area contributed by atoms with Crippen molar-refractivity contribution in [2.75, 3.05) is 10.6 Å². The van der Waals surface area contributed by atoms with E-state index in [0.29, 0.717) is 11.8 Å². The fourth-order valence-corrected chi connectivity index (χ4v) is 8.41. The molecule has 0 atom stereocenters. The summed E-state index contributed by atoms with van der Waals surface area (Å²) < 4.78 is 9.25. The molecule has 2 heterocycles. The van der Waals surface area contributed by atoms with Gasteiger partial charge in [-0.3, -0.25) is 4.57 Å². The Morgan fingerprint density at radius 1 is 0.533 bits per heavy atom. The first-order valence-corrected chi connectivity index (χ1v) is 21.3. The molecule has 0 spiro atoms. The summed E-state index contributed by atoms with van der Waals surface area (Å²) in [7, 11) is 0. The van der Waals surface area contributed by atoms with Gasteiger partial charge in [0.15, 0.2) is 0 Å². The Bertz CT molecular complexity index is 2800. The number of hydrogen-bond donors (Lipinski definition) is 2. The van der Waals surface area contributed by atoms with Crippen molar-refractivity contribution in [2.45, 2.75) is 91.9 Å². The zero-order valence-electron chi connectivity index (χ0n) is 36.8. The van der Waals surface area contributed by atoms with E-state index in [1.54, 1.807) is 0 Å². The van der Waals surface area contributed by atoms with Crippen molar-refractivity contribution in [1.29, 1.82) is 0 Å². The Hall–Kier alpha value is -6.33. The molecule has 0 unspecified atom stereocenters. The maximum atomic E-state index is 6.98. The molecule has 0 radical (unpaired) electrons. The van der Waals surface area contributed by atoms with Crippen molar-refractivity contribution in [3.63, 3.8) is 0 Å². The zero-order chi connectivity index (χ0) is 42.3. The molecular weight excluding hydrogens is 733 g/mol. The van der Waals surface area contributed by atoms with E-state index in [1.807, 2.05) is 6.20 Å². The summed E-state index contributed by atoms with van der Waals surface area (Å²) in [6.45, 7) is 22.6. The van der Waals surface area contributed by atoms with E-state index < -0.39 is 0 Å². The lowest BCUT2D eigenvalue weighted by molar-refractivity contribution is 0.484. The fraction of sp³-hybridized carbons (Fsp3) is 0.255. The van der Waals surface area contributed by atoms with E-state index in [-0.39, 0.29) is 10.8 Å². The molecule has 6 aromatic carbocycles. The third-order valence-corrected chi connectivity index (χ3v) is 11.5. The second kappa shape index (κ2) is 16.0. The number of pyridine rings is 1. The van der Waals surface area contributed by atoms with Crippen LogP contribution in [0.15, 0.2) is 146 Å². The number of hydrogen-bond acceptors (Lipinski definition) is 4. The van der Waals surface area contributed by atoms with Gasteiger partial charge in [0.2, 0.25) is 0 Å². The fourth-order valence-electron chi connectivity index (χ4n) is 8.41. The first-order chi connectivity index (χ1) is 28.7. The van der Waals surface area contributed by atoms with Crippen LogP contribution in [0.5, 0.6) is 11.5 Å². The van der Waals surface area contributed by atoms with Crippen LogP contribution in [0.4, 0.5) is 22.7 Å². The number of anilines is 4. The molecular formula is C55H58N4O. The van der Waals surface area contributed by atoms with Gasteiger partial charge in [-0.05, 0) is 117 Å². The van der Waals surface area contributed by atoms with Crippen LogP contribution in [0.1, 0.15) is 103 Å². The van der Waals surface area contributed by atoms with Gasteiger partial charge in [0.1, 0.15) is 17.3 Å². The predicted molar refractivity (Wildman–Crippen MR) is 256 cm³/mol. The second-order valence-electron chi connectivity index (χ2n) is 18.7. The number of benzene rings is 6. The lowest BCUT2D eigenvalue weighted by Gasteiger charge is -2.24. The zero-order valence-corrected chi connectivity index (χ0v) is 36.8. The Morgan fingerprint density at radius 2 is 1.17 bits per heavy atom. The monoisotopic (exact) mass is 790 g/mol. The minimum atomic E-state index is -0.0190. The minimum Gasteiger partial charge on any atom is -0.457 e. The summed E-state index contributed by atoms with van der Waals surface area (Å²) in [5, 5.41) is 9.93. The number of rotatable bonds is 10. The summed E-state index contributed by atoms with van der Waals surface area (Å²) in [6.07, 6.45) is 1.92. The largest absolute Gasteiger partial charge is 0.457 e. The van der Waals surface area contributed by atoms with Crippen molar-refractivity contribution in [1.82, 2.24) is 9.55 Å². The topological polar surface area (TPSA) is 51.1 Å². The van der Waals surface area contributed by atoms with Gasteiger partial charge in [0.25, 0.3) is 0 Å². The van der Waals surface area contributed by atoms with Gasteiger partial charge < -0.3 is 15.4 Å². The van der Waals surface area contributed by atoms with Crippen LogP contribution in [0.2, 0.25) is 0 Å². The number of nitrogens with one attached hydrogen (secondary N) is 2. The van der Waals surface area contributed by atoms with Crippen LogP contribution in [-0.2, 0) is 10.8 Å². The molecule has 2 N–H and O–H groups in total. The van der Waals surface area contributed by atoms with Crippen molar-refractivity contribution in [3.8, 4) is 28.4 Å². The van der Waals surface area contributed by atoms with E-state index in [2.05, 4.69) is 224 Å². The van der Waals surface area contributed by atoms with Crippen molar-refractivity contribution >= 4 is 44.6 Å². The normalized spacial score (nSPS) is 12.1. The number of fused-ring (bicyclic) bond motifs is 3. The highest BCUT2D eigenvalue weighted by atomic mass is 16.5. The van der Waals surface area contributed by atoms with Gasteiger partial charge in [-0.1, -0.05) is 136 Å². The van der Waals surface area contributed by atoms with E-state index in [1.165, 1.54) is 33.2 Å². The van der Waals surface area contributed by atoms with Crippen LogP contribution >= 0.6 is 0 Å². The summed E-state index contributed by atoms with van der Waals surface area (Å²) in [5.41, 5.74) is 13.6. The van der Waals surface area contributed by atoms with Crippen molar-refractivity contribution in [3.05, 3.63) is 168 Å². The minimum absolute atomic E-state index is 0.0153. The van der Waals surface area contributed by atoms with Crippen molar-refractivity contribution < 1.29 is 4.74 Å². The molecule has 0 saturated heterocycles. The Labute approximate surface area is 356 Å². The van der Waals surface area contributed by atoms with Crippen LogP contribution in [0.3, 0.4) is 0 Å². The molecule has 0 bridgehead atoms. The maximum absolute atomic E-state index is 6.98. The van der Waals surface area contributed by atoms with E-state index >= 15 is 0 Å². The Morgan fingerprint density at radius 3 is 1.85 bits per heavy atom. The average molecular weight is 791 g/mol. The summed E-state index contributed by atoms with van der Waals surface area (Å²) in [5.74, 6) is 3.07. The SMILES string of the molecule is CC(C)c1cccc(C(C)C)c1-c1cc(Nc2ccccc2Nc2ccccc2C(C)(C)C)cc(Oc2ccc3c4ccccc4n(-c4cc(C(C)(C)C)ccn4)c3c2)c1. The summed E-state index contributed by atoms with van der Waals surface area (Å²) in [6, 6.07) is 49.7. The van der Waals surface area contributed by atoms with Crippen molar-refractivity contribution in [2.24, 2.45) is 0 Å². The third-order valence-electron chi connectivity index (χ3n) is 11.5. The van der Waals surface area contributed by atoms with Gasteiger partial charge in [-0.2, -0.15) is 0 Å². The van der Waals surface area contributed by atoms with Gasteiger partial charge in [-0.25, -0.2) is 4.98 Å². The molecule has 2 aromatic heterocycles. The molecule has 0 aliphatic rings. The van der Waals surface area contributed by atoms with Crippen LogP contribution in [-0.4, -0.2) is 9.55 Å². The molecule has 8 rings (SSSR count). The lowest BCUT2D eigenvalue weighted by Crippen LogP contribution is -2.13. The Kier molecular flexibility index (Phi) is 10.8. The Balaban J connectivity index is 1.26. The molecule has 0 amide bonds. The smallest absolute Gasteiger partial charge is 0.137 e. The first-order valence-electron chi connectivity index (χ1n) is 21.3. The molecule has 0 saturated carbocycles. The third kappa shape index (κ3) is 8.14. The average Bonchev–Trinajstić information content (AvgIpc) is 3.54. The number of para-hydroxylation sites is 4. The van der Waals surface area contributed by atoms with Gasteiger partial charge >= 0.3 is 0 Å². The van der Waals surface area contributed by atoms with Crippen LogP contribution in [0, 0.1) is 0 Å². The highest BCUT2D eigenvalue weighted by Crippen LogP contribution is 2.42. The van der Waals surface area contributed by atoms with Gasteiger partial charge in [0.05, 0.1) is 22.4 Å².